The molecular weight excluding hydrogens is 196 g/mol. The molecule has 0 saturated carbocycles. The van der Waals surface area contributed by atoms with Crippen LogP contribution in [0, 0.1) is 6.92 Å². The zero-order valence-corrected chi connectivity index (χ0v) is 8.56. The van der Waals surface area contributed by atoms with Crippen LogP contribution >= 0.6 is 0 Å². The molecule has 1 rings (SSSR count). The van der Waals surface area contributed by atoms with E-state index in [2.05, 4.69) is 4.74 Å². The Hall–Kier alpha value is -1.97. The SMILES string of the molecule is CO/C=C(\Oc1ccccc1C)C(=O)O. The van der Waals surface area contributed by atoms with Crippen LogP contribution in [0.25, 0.3) is 0 Å². The molecule has 0 aliphatic rings. The number of hydrogen-bond acceptors (Lipinski definition) is 3. The standard InChI is InChI=1S/C11H12O4/c1-8-5-3-4-6-9(8)15-10(7-14-2)11(12)13/h3-7H,1-2H3,(H,12,13)/b10-7-. The smallest absolute Gasteiger partial charge is 0.375 e. The van der Waals surface area contributed by atoms with E-state index in [0.29, 0.717) is 5.75 Å². The maximum absolute atomic E-state index is 10.7. The van der Waals surface area contributed by atoms with Gasteiger partial charge in [0, 0.05) is 0 Å². The van der Waals surface area contributed by atoms with E-state index >= 15 is 0 Å². The van der Waals surface area contributed by atoms with Gasteiger partial charge in [0.05, 0.1) is 7.11 Å². The summed E-state index contributed by atoms with van der Waals surface area (Å²) in [5.41, 5.74) is 0.862. The first-order chi connectivity index (χ1) is 7.15. The molecule has 4 nitrogen and oxygen atoms in total. The minimum Gasteiger partial charge on any atom is -0.500 e. The highest BCUT2D eigenvalue weighted by Gasteiger charge is 2.11. The van der Waals surface area contributed by atoms with Crippen LogP contribution in [0.15, 0.2) is 36.3 Å². The fourth-order valence-corrected chi connectivity index (χ4v) is 1.01. The van der Waals surface area contributed by atoms with Gasteiger partial charge in [-0.25, -0.2) is 4.79 Å². The molecule has 0 saturated heterocycles. The lowest BCUT2D eigenvalue weighted by Crippen LogP contribution is -2.08. The van der Waals surface area contributed by atoms with Crippen LogP contribution in [0.5, 0.6) is 5.75 Å². The van der Waals surface area contributed by atoms with Gasteiger partial charge in [0.2, 0.25) is 5.76 Å². The number of para-hydroxylation sites is 1. The number of benzene rings is 1. The van der Waals surface area contributed by atoms with Crippen LogP contribution in [0.4, 0.5) is 0 Å². The number of hydrogen-bond donors (Lipinski definition) is 1. The first kappa shape index (κ1) is 11.1. The Morgan fingerprint density at radius 1 is 1.40 bits per heavy atom. The summed E-state index contributed by atoms with van der Waals surface area (Å²) in [6.45, 7) is 1.83. The van der Waals surface area contributed by atoms with Crippen molar-refractivity contribution in [2.75, 3.05) is 7.11 Å². The van der Waals surface area contributed by atoms with E-state index in [-0.39, 0.29) is 5.76 Å². The minimum absolute atomic E-state index is 0.244. The van der Waals surface area contributed by atoms with Gasteiger partial charge in [-0.2, -0.15) is 0 Å². The van der Waals surface area contributed by atoms with Crippen molar-refractivity contribution in [1.82, 2.24) is 0 Å². The zero-order valence-electron chi connectivity index (χ0n) is 8.56. The number of methoxy groups -OCH3 is 1. The van der Waals surface area contributed by atoms with Gasteiger partial charge in [-0.3, -0.25) is 0 Å². The summed E-state index contributed by atoms with van der Waals surface area (Å²) >= 11 is 0. The fourth-order valence-electron chi connectivity index (χ4n) is 1.01. The van der Waals surface area contributed by atoms with E-state index in [1.807, 2.05) is 19.1 Å². The number of aliphatic carboxylic acids is 1. The fraction of sp³-hybridized carbons (Fsp3) is 0.182. The van der Waals surface area contributed by atoms with Gasteiger partial charge in [0.1, 0.15) is 12.0 Å². The number of carboxylic acids is 1. The van der Waals surface area contributed by atoms with Crippen molar-refractivity contribution in [2.45, 2.75) is 6.92 Å². The molecule has 0 aliphatic heterocycles. The Morgan fingerprint density at radius 2 is 2.07 bits per heavy atom. The summed E-state index contributed by atoms with van der Waals surface area (Å²) in [6.07, 6.45) is 1.05. The molecule has 0 heterocycles. The Labute approximate surface area is 87.7 Å². The Morgan fingerprint density at radius 3 is 2.60 bits per heavy atom. The van der Waals surface area contributed by atoms with Crippen molar-refractivity contribution < 1.29 is 19.4 Å². The second-order valence-corrected chi connectivity index (χ2v) is 2.89. The molecule has 0 atom stereocenters. The number of ether oxygens (including phenoxy) is 2. The maximum atomic E-state index is 10.7. The molecule has 0 aromatic heterocycles. The molecule has 4 heteroatoms. The lowest BCUT2D eigenvalue weighted by atomic mass is 10.2. The van der Waals surface area contributed by atoms with Gasteiger partial charge >= 0.3 is 5.97 Å². The highest BCUT2D eigenvalue weighted by atomic mass is 16.5. The van der Waals surface area contributed by atoms with Crippen LogP contribution in [0.3, 0.4) is 0 Å². The third-order valence-electron chi connectivity index (χ3n) is 1.75. The largest absolute Gasteiger partial charge is 0.500 e. The van der Waals surface area contributed by atoms with Gasteiger partial charge in [-0.15, -0.1) is 0 Å². The molecule has 15 heavy (non-hydrogen) atoms. The molecule has 1 aromatic rings. The predicted molar refractivity (Wildman–Crippen MR) is 54.5 cm³/mol. The number of aryl methyl sites for hydroxylation is 1. The van der Waals surface area contributed by atoms with E-state index in [1.54, 1.807) is 12.1 Å². The lowest BCUT2D eigenvalue weighted by Gasteiger charge is -2.07. The topological polar surface area (TPSA) is 55.8 Å². The van der Waals surface area contributed by atoms with Crippen molar-refractivity contribution in [3.05, 3.63) is 41.9 Å². The maximum Gasteiger partial charge on any atom is 0.375 e. The summed E-state index contributed by atoms with van der Waals surface area (Å²) < 4.78 is 9.79. The normalized spacial score (nSPS) is 10.9. The van der Waals surface area contributed by atoms with Crippen molar-refractivity contribution >= 4 is 5.97 Å². The van der Waals surface area contributed by atoms with Gasteiger partial charge < -0.3 is 14.6 Å². The summed E-state index contributed by atoms with van der Waals surface area (Å²) in [5.74, 6) is -0.907. The van der Waals surface area contributed by atoms with Crippen molar-refractivity contribution in [2.24, 2.45) is 0 Å². The Balaban J connectivity index is 2.89. The summed E-state index contributed by atoms with van der Waals surface area (Å²) in [4.78, 5) is 10.7. The number of rotatable bonds is 4. The second kappa shape index (κ2) is 5.05. The van der Waals surface area contributed by atoms with E-state index in [1.165, 1.54) is 7.11 Å². The van der Waals surface area contributed by atoms with Crippen LogP contribution in [-0.2, 0) is 9.53 Å². The first-order valence-electron chi connectivity index (χ1n) is 4.35. The van der Waals surface area contributed by atoms with Gasteiger partial charge in [0.15, 0.2) is 0 Å². The third-order valence-corrected chi connectivity index (χ3v) is 1.75. The Kier molecular flexibility index (Phi) is 3.74. The second-order valence-electron chi connectivity index (χ2n) is 2.89. The van der Waals surface area contributed by atoms with Gasteiger partial charge in [0.25, 0.3) is 0 Å². The van der Waals surface area contributed by atoms with Crippen molar-refractivity contribution in [3.8, 4) is 5.75 Å². The minimum atomic E-state index is -1.17. The van der Waals surface area contributed by atoms with Crippen LogP contribution < -0.4 is 4.74 Å². The van der Waals surface area contributed by atoms with E-state index in [4.69, 9.17) is 9.84 Å². The average Bonchev–Trinajstić information content (AvgIpc) is 2.20. The molecule has 0 spiro atoms. The summed E-state index contributed by atoms with van der Waals surface area (Å²) in [7, 11) is 1.37. The monoisotopic (exact) mass is 208 g/mol. The van der Waals surface area contributed by atoms with Gasteiger partial charge in [-0.05, 0) is 18.6 Å². The lowest BCUT2D eigenvalue weighted by molar-refractivity contribution is -0.135. The molecule has 0 radical (unpaired) electrons. The molecule has 0 aliphatic carbocycles. The Bertz CT molecular complexity index is 382. The molecule has 1 aromatic carbocycles. The zero-order chi connectivity index (χ0) is 11.3. The van der Waals surface area contributed by atoms with Crippen LogP contribution in [0.1, 0.15) is 5.56 Å². The quantitative estimate of drug-likeness (QED) is 0.607. The highest BCUT2D eigenvalue weighted by Crippen LogP contribution is 2.19. The molecule has 0 amide bonds. The van der Waals surface area contributed by atoms with E-state index in [0.717, 1.165) is 11.8 Å². The highest BCUT2D eigenvalue weighted by molar-refractivity contribution is 5.84. The summed E-state index contributed by atoms with van der Waals surface area (Å²) in [6, 6.07) is 7.15. The van der Waals surface area contributed by atoms with Crippen LogP contribution in [0.2, 0.25) is 0 Å². The molecule has 80 valence electrons. The number of carboxylic acid groups (broad SMARTS) is 1. The molecule has 0 fully saturated rings. The molecule has 0 bridgehead atoms. The number of carbonyl (C=O) groups is 1. The predicted octanol–water partition coefficient (Wildman–Crippen LogP) is 1.95. The van der Waals surface area contributed by atoms with E-state index < -0.39 is 5.97 Å². The first-order valence-corrected chi connectivity index (χ1v) is 4.35. The molecular formula is C11H12O4. The van der Waals surface area contributed by atoms with Crippen molar-refractivity contribution in [1.29, 1.82) is 0 Å². The van der Waals surface area contributed by atoms with Crippen LogP contribution in [-0.4, -0.2) is 18.2 Å². The van der Waals surface area contributed by atoms with Crippen molar-refractivity contribution in [3.63, 3.8) is 0 Å². The summed E-state index contributed by atoms with van der Waals surface area (Å²) in [5, 5.41) is 8.78. The molecule has 1 N–H and O–H groups in total. The third kappa shape index (κ3) is 3.02. The average molecular weight is 208 g/mol. The molecule has 0 unspecified atom stereocenters. The van der Waals surface area contributed by atoms with Gasteiger partial charge in [-0.1, -0.05) is 18.2 Å². The van der Waals surface area contributed by atoms with E-state index in [9.17, 15) is 4.79 Å².